The fourth-order valence-electron chi connectivity index (χ4n) is 4.62. The van der Waals surface area contributed by atoms with Crippen molar-refractivity contribution in [3.8, 4) is 0 Å². The molecular weight excluding hydrogens is 558 g/mol. The van der Waals surface area contributed by atoms with E-state index >= 15 is 0 Å². The lowest BCUT2D eigenvalue weighted by Gasteiger charge is -2.32. The van der Waals surface area contributed by atoms with Gasteiger partial charge in [0.1, 0.15) is 6.04 Å². The SMILES string of the molecule is Cc1cccc(CN(C(=O)CCCN(c2cccc(Cl)c2)S(C)(=O)=O)[C@@H](Cc2ccccc2)C(=O)NCC(C)C)c1. The first-order valence-corrected chi connectivity index (χ1v) is 16.1. The highest BCUT2D eigenvalue weighted by molar-refractivity contribution is 7.92. The highest BCUT2D eigenvalue weighted by Gasteiger charge is 2.30. The molecule has 0 aromatic heterocycles. The number of carbonyl (C=O) groups is 2. The van der Waals surface area contributed by atoms with Gasteiger partial charge in [-0.1, -0.05) is 91.7 Å². The van der Waals surface area contributed by atoms with Gasteiger partial charge in [0.15, 0.2) is 0 Å². The first-order valence-electron chi connectivity index (χ1n) is 13.8. The number of benzene rings is 3. The van der Waals surface area contributed by atoms with Gasteiger partial charge in [-0.15, -0.1) is 0 Å². The van der Waals surface area contributed by atoms with E-state index in [-0.39, 0.29) is 43.7 Å². The van der Waals surface area contributed by atoms with Crippen molar-refractivity contribution in [2.24, 2.45) is 5.92 Å². The summed E-state index contributed by atoms with van der Waals surface area (Å²) in [5.41, 5.74) is 3.37. The number of halogens is 1. The number of nitrogens with zero attached hydrogens (tertiary/aromatic N) is 2. The van der Waals surface area contributed by atoms with Gasteiger partial charge in [0.05, 0.1) is 11.9 Å². The van der Waals surface area contributed by atoms with Gasteiger partial charge in [0.2, 0.25) is 21.8 Å². The van der Waals surface area contributed by atoms with Gasteiger partial charge in [-0.25, -0.2) is 8.42 Å². The molecule has 7 nitrogen and oxygen atoms in total. The molecule has 0 saturated heterocycles. The van der Waals surface area contributed by atoms with Gasteiger partial charge in [-0.3, -0.25) is 13.9 Å². The molecule has 1 atom stereocenters. The smallest absolute Gasteiger partial charge is 0.243 e. The number of carbonyl (C=O) groups excluding carboxylic acids is 2. The summed E-state index contributed by atoms with van der Waals surface area (Å²) in [4.78, 5) is 29.1. The van der Waals surface area contributed by atoms with Crippen LogP contribution in [0.2, 0.25) is 5.02 Å². The minimum absolute atomic E-state index is 0.0706. The number of aryl methyl sites for hydroxylation is 1. The number of hydrogen-bond acceptors (Lipinski definition) is 4. The molecule has 0 spiro atoms. The molecule has 9 heteroatoms. The molecule has 0 saturated carbocycles. The van der Waals surface area contributed by atoms with Gasteiger partial charge >= 0.3 is 0 Å². The lowest BCUT2D eigenvalue weighted by molar-refractivity contribution is -0.141. The van der Waals surface area contributed by atoms with E-state index in [9.17, 15) is 18.0 Å². The van der Waals surface area contributed by atoms with Gasteiger partial charge in [-0.05, 0) is 48.6 Å². The fourth-order valence-corrected chi connectivity index (χ4v) is 5.76. The molecule has 0 aliphatic carbocycles. The van der Waals surface area contributed by atoms with Crippen LogP contribution in [0.4, 0.5) is 5.69 Å². The lowest BCUT2D eigenvalue weighted by Crippen LogP contribution is -2.51. The van der Waals surface area contributed by atoms with Crippen molar-refractivity contribution in [2.45, 2.75) is 52.6 Å². The maximum atomic E-state index is 13.9. The van der Waals surface area contributed by atoms with Gasteiger partial charge in [0, 0.05) is 37.5 Å². The topological polar surface area (TPSA) is 86.8 Å². The van der Waals surface area contributed by atoms with Crippen LogP contribution < -0.4 is 9.62 Å². The maximum Gasteiger partial charge on any atom is 0.243 e. The van der Waals surface area contributed by atoms with E-state index in [4.69, 9.17) is 11.6 Å². The Morgan fingerprint density at radius 3 is 2.24 bits per heavy atom. The molecule has 0 fully saturated rings. The predicted octanol–water partition coefficient (Wildman–Crippen LogP) is 5.61. The zero-order valence-electron chi connectivity index (χ0n) is 24.2. The molecule has 2 amide bonds. The van der Waals surface area contributed by atoms with Crippen molar-refractivity contribution < 1.29 is 18.0 Å². The predicted molar refractivity (Wildman–Crippen MR) is 166 cm³/mol. The van der Waals surface area contributed by atoms with E-state index in [0.29, 0.717) is 23.7 Å². The Labute approximate surface area is 249 Å². The third-order valence-electron chi connectivity index (χ3n) is 6.64. The summed E-state index contributed by atoms with van der Waals surface area (Å²) in [6.45, 7) is 6.90. The molecule has 0 unspecified atom stereocenters. The first kappa shape index (κ1) is 32.2. The monoisotopic (exact) mass is 597 g/mol. The molecule has 41 heavy (non-hydrogen) atoms. The number of hydrogen-bond donors (Lipinski definition) is 1. The van der Waals surface area contributed by atoms with Crippen LogP contribution in [0.15, 0.2) is 78.9 Å². The van der Waals surface area contributed by atoms with Crippen molar-refractivity contribution in [1.82, 2.24) is 10.2 Å². The average molecular weight is 598 g/mol. The highest BCUT2D eigenvalue weighted by atomic mass is 35.5. The van der Waals surface area contributed by atoms with Crippen LogP contribution in [0.3, 0.4) is 0 Å². The molecule has 220 valence electrons. The molecule has 0 heterocycles. The lowest BCUT2D eigenvalue weighted by atomic mass is 10.0. The van der Waals surface area contributed by atoms with Gasteiger partial charge in [-0.2, -0.15) is 0 Å². The number of amides is 2. The number of anilines is 1. The molecule has 1 N–H and O–H groups in total. The second-order valence-corrected chi connectivity index (χ2v) is 13.1. The Kier molecular flexibility index (Phi) is 11.8. The summed E-state index contributed by atoms with van der Waals surface area (Å²) in [6.07, 6.45) is 1.84. The van der Waals surface area contributed by atoms with E-state index in [0.717, 1.165) is 22.9 Å². The third kappa shape index (κ3) is 10.2. The summed E-state index contributed by atoms with van der Waals surface area (Å²) in [7, 11) is -3.61. The Hall–Kier alpha value is -3.36. The van der Waals surface area contributed by atoms with E-state index < -0.39 is 16.1 Å². The van der Waals surface area contributed by atoms with Crippen LogP contribution in [0, 0.1) is 12.8 Å². The van der Waals surface area contributed by atoms with Crippen molar-refractivity contribution in [1.29, 1.82) is 0 Å². The highest BCUT2D eigenvalue weighted by Crippen LogP contribution is 2.23. The molecule has 0 radical (unpaired) electrons. The Morgan fingerprint density at radius 2 is 1.61 bits per heavy atom. The minimum atomic E-state index is -3.61. The Morgan fingerprint density at radius 1 is 0.927 bits per heavy atom. The molecule has 0 aliphatic rings. The molecule has 3 rings (SSSR count). The van der Waals surface area contributed by atoms with Gasteiger partial charge in [0.25, 0.3) is 0 Å². The second kappa shape index (κ2) is 15.0. The largest absolute Gasteiger partial charge is 0.354 e. The maximum absolute atomic E-state index is 13.9. The average Bonchev–Trinajstić information content (AvgIpc) is 2.91. The van der Waals surface area contributed by atoms with Crippen molar-refractivity contribution in [3.05, 3.63) is 101 Å². The van der Waals surface area contributed by atoms with E-state index in [1.807, 2.05) is 75.4 Å². The van der Waals surface area contributed by atoms with Crippen LogP contribution in [0.1, 0.15) is 43.4 Å². The normalized spacial score (nSPS) is 12.1. The zero-order chi connectivity index (χ0) is 30.0. The zero-order valence-corrected chi connectivity index (χ0v) is 25.8. The van der Waals surface area contributed by atoms with Crippen LogP contribution >= 0.6 is 11.6 Å². The quantitative estimate of drug-likeness (QED) is 0.262. The summed E-state index contributed by atoms with van der Waals surface area (Å²) in [5.74, 6) is -0.169. The fraction of sp³-hybridized carbons (Fsp3) is 0.375. The van der Waals surface area contributed by atoms with Crippen LogP contribution in [-0.2, 0) is 32.6 Å². The standard InChI is InChI=1S/C32H40ClN3O4S/c1-24(2)22-34-32(38)30(20-26-12-6-5-7-13-26)35(23-27-14-8-11-25(3)19-27)31(37)17-10-18-36(41(4,39)40)29-16-9-15-28(33)21-29/h5-9,11-16,19,21,24,30H,10,17-18,20,22-23H2,1-4H3,(H,34,38)/t30-/m0/s1. The van der Waals surface area contributed by atoms with E-state index in [1.54, 1.807) is 29.2 Å². The number of sulfonamides is 1. The molecule has 0 aliphatic heterocycles. The summed E-state index contributed by atoms with van der Waals surface area (Å²) in [5, 5.41) is 3.45. The summed E-state index contributed by atoms with van der Waals surface area (Å²) < 4.78 is 26.4. The second-order valence-electron chi connectivity index (χ2n) is 10.8. The minimum Gasteiger partial charge on any atom is -0.354 e. The van der Waals surface area contributed by atoms with E-state index in [2.05, 4.69) is 5.32 Å². The van der Waals surface area contributed by atoms with Gasteiger partial charge < -0.3 is 10.2 Å². The summed E-state index contributed by atoms with van der Waals surface area (Å²) in [6, 6.07) is 23.4. The third-order valence-corrected chi connectivity index (χ3v) is 8.07. The Balaban J connectivity index is 1.88. The van der Waals surface area contributed by atoms with E-state index in [1.165, 1.54) is 4.31 Å². The Bertz CT molecular complexity index is 1410. The molecule has 3 aromatic carbocycles. The van der Waals surface area contributed by atoms with Crippen LogP contribution in [0.25, 0.3) is 0 Å². The first-order chi connectivity index (χ1) is 19.4. The number of rotatable bonds is 14. The number of nitrogens with one attached hydrogen (secondary N) is 1. The molecule has 0 bridgehead atoms. The van der Waals surface area contributed by atoms with Crippen molar-refractivity contribution in [3.63, 3.8) is 0 Å². The van der Waals surface area contributed by atoms with Crippen molar-refractivity contribution >= 4 is 39.1 Å². The van der Waals surface area contributed by atoms with Crippen LogP contribution in [-0.4, -0.2) is 50.5 Å². The summed E-state index contributed by atoms with van der Waals surface area (Å²) >= 11 is 6.11. The molecule has 3 aromatic rings. The van der Waals surface area contributed by atoms with Crippen LogP contribution in [0.5, 0.6) is 0 Å². The molecular formula is C32H40ClN3O4S. The van der Waals surface area contributed by atoms with Crippen molar-refractivity contribution in [2.75, 3.05) is 23.7 Å².